The van der Waals surface area contributed by atoms with Crippen molar-refractivity contribution >= 4 is 39.5 Å². The summed E-state index contributed by atoms with van der Waals surface area (Å²) >= 11 is 0. The van der Waals surface area contributed by atoms with Gasteiger partial charge >= 0.3 is 5.97 Å². The van der Waals surface area contributed by atoms with Gasteiger partial charge in [0.15, 0.2) is 6.10 Å². The van der Waals surface area contributed by atoms with E-state index in [2.05, 4.69) is 5.32 Å². The quantitative estimate of drug-likeness (QED) is 0.469. The highest BCUT2D eigenvalue weighted by Crippen LogP contribution is 2.36. The van der Waals surface area contributed by atoms with Crippen molar-refractivity contribution in [3.8, 4) is 5.75 Å². The van der Waals surface area contributed by atoms with Gasteiger partial charge in [-0.15, -0.1) is 0 Å². The third-order valence-corrected chi connectivity index (χ3v) is 4.87. The fraction of sp³-hybridized carbons (Fsp3) is 0.217. The number of furan rings is 2. The number of esters is 1. The van der Waals surface area contributed by atoms with Crippen molar-refractivity contribution in [3.05, 3.63) is 59.5 Å². The average molecular weight is 407 g/mol. The molecule has 4 aromatic rings. The standard InChI is InChI=1S/C23H21NO6/c1-12-9-16(13(2)28-12)23(26)29-14(3)22(25)24-18-11-20-17(10-21(18)27-4)15-7-5-6-8-19(15)30-20/h5-11,14H,1-4H3,(H,24,25)/t14-/m0/s1. The topological polar surface area (TPSA) is 90.9 Å². The smallest absolute Gasteiger partial charge is 0.342 e. The van der Waals surface area contributed by atoms with Gasteiger partial charge in [0.05, 0.1) is 12.8 Å². The highest BCUT2D eigenvalue weighted by Gasteiger charge is 2.23. The number of hydrogen-bond acceptors (Lipinski definition) is 6. The van der Waals surface area contributed by atoms with E-state index in [0.717, 1.165) is 16.4 Å². The van der Waals surface area contributed by atoms with E-state index in [-0.39, 0.29) is 0 Å². The van der Waals surface area contributed by atoms with Crippen LogP contribution < -0.4 is 10.1 Å². The van der Waals surface area contributed by atoms with Crippen LogP contribution in [0.25, 0.3) is 21.9 Å². The molecule has 154 valence electrons. The summed E-state index contributed by atoms with van der Waals surface area (Å²) in [6.45, 7) is 4.91. The summed E-state index contributed by atoms with van der Waals surface area (Å²) in [5.41, 5.74) is 2.08. The minimum absolute atomic E-state index is 0.299. The summed E-state index contributed by atoms with van der Waals surface area (Å²) in [7, 11) is 1.52. The summed E-state index contributed by atoms with van der Waals surface area (Å²) in [5, 5.41) is 4.59. The third kappa shape index (κ3) is 3.50. The number of carbonyl (C=O) groups excluding carboxylic acids is 2. The number of rotatable bonds is 5. The number of methoxy groups -OCH3 is 1. The zero-order valence-corrected chi connectivity index (χ0v) is 17.1. The lowest BCUT2D eigenvalue weighted by molar-refractivity contribution is -0.123. The van der Waals surface area contributed by atoms with E-state index in [1.165, 1.54) is 14.0 Å². The molecule has 4 rings (SSSR count). The molecule has 0 aliphatic heterocycles. The Kier molecular flexibility index (Phi) is 4.95. The molecule has 0 saturated carbocycles. The monoisotopic (exact) mass is 407 g/mol. The first kappa shape index (κ1) is 19.6. The fourth-order valence-electron chi connectivity index (χ4n) is 3.36. The van der Waals surface area contributed by atoms with Crippen LogP contribution >= 0.6 is 0 Å². The van der Waals surface area contributed by atoms with E-state index < -0.39 is 18.0 Å². The van der Waals surface area contributed by atoms with Crippen molar-refractivity contribution in [2.45, 2.75) is 26.9 Å². The van der Waals surface area contributed by atoms with Crippen LogP contribution in [0.5, 0.6) is 5.75 Å². The molecule has 0 aliphatic rings. The van der Waals surface area contributed by atoms with Gasteiger partial charge in [-0.1, -0.05) is 18.2 Å². The molecule has 0 saturated heterocycles. The summed E-state index contributed by atoms with van der Waals surface area (Å²) in [4.78, 5) is 25.0. The molecular weight excluding hydrogens is 386 g/mol. The van der Waals surface area contributed by atoms with E-state index in [1.54, 1.807) is 26.0 Å². The third-order valence-electron chi connectivity index (χ3n) is 4.87. The molecule has 0 bridgehead atoms. The number of para-hydroxylation sites is 1. The number of carbonyl (C=O) groups is 2. The Morgan fingerprint density at radius 3 is 2.47 bits per heavy atom. The maximum Gasteiger partial charge on any atom is 0.342 e. The maximum atomic E-state index is 12.6. The zero-order valence-electron chi connectivity index (χ0n) is 17.1. The minimum Gasteiger partial charge on any atom is -0.495 e. The van der Waals surface area contributed by atoms with Crippen LogP contribution in [0.15, 0.2) is 51.3 Å². The Morgan fingerprint density at radius 2 is 1.77 bits per heavy atom. The molecule has 30 heavy (non-hydrogen) atoms. The van der Waals surface area contributed by atoms with Crippen LogP contribution in [-0.4, -0.2) is 25.1 Å². The van der Waals surface area contributed by atoms with E-state index >= 15 is 0 Å². The maximum absolute atomic E-state index is 12.6. The average Bonchev–Trinajstić information content (AvgIpc) is 3.25. The minimum atomic E-state index is -1.02. The highest BCUT2D eigenvalue weighted by molar-refractivity contribution is 6.08. The number of hydrogen-bond donors (Lipinski definition) is 1. The summed E-state index contributed by atoms with van der Waals surface area (Å²) < 4.78 is 22.0. The molecule has 1 amide bonds. The van der Waals surface area contributed by atoms with Crippen LogP contribution in [0, 0.1) is 13.8 Å². The van der Waals surface area contributed by atoms with Gasteiger partial charge < -0.3 is 23.6 Å². The lowest BCUT2D eigenvalue weighted by atomic mass is 10.1. The van der Waals surface area contributed by atoms with Crippen molar-refractivity contribution in [2.24, 2.45) is 0 Å². The van der Waals surface area contributed by atoms with Crippen molar-refractivity contribution in [2.75, 3.05) is 12.4 Å². The van der Waals surface area contributed by atoms with E-state index in [4.69, 9.17) is 18.3 Å². The molecule has 0 aliphatic carbocycles. The number of amides is 1. The van der Waals surface area contributed by atoms with Crippen molar-refractivity contribution in [1.82, 2.24) is 0 Å². The Labute approximate surface area is 172 Å². The van der Waals surface area contributed by atoms with Crippen molar-refractivity contribution in [3.63, 3.8) is 0 Å². The van der Waals surface area contributed by atoms with Gasteiger partial charge in [-0.25, -0.2) is 4.79 Å². The fourth-order valence-corrected chi connectivity index (χ4v) is 3.36. The van der Waals surface area contributed by atoms with Crippen LogP contribution in [0.1, 0.15) is 28.8 Å². The predicted octanol–water partition coefficient (Wildman–Crippen LogP) is 4.99. The molecular formula is C23H21NO6. The highest BCUT2D eigenvalue weighted by atomic mass is 16.5. The molecule has 0 fully saturated rings. The second-order valence-corrected chi connectivity index (χ2v) is 7.01. The number of nitrogens with one attached hydrogen (secondary N) is 1. The molecule has 0 radical (unpaired) electrons. The molecule has 0 unspecified atom stereocenters. The predicted molar refractivity (Wildman–Crippen MR) is 112 cm³/mol. The number of benzene rings is 2. The van der Waals surface area contributed by atoms with Gasteiger partial charge in [0.1, 0.15) is 34.0 Å². The lowest BCUT2D eigenvalue weighted by Crippen LogP contribution is -2.30. The van der Waals surface area contributed by atoms with Crippen molar-refractivity contribution in [1.29, 1.82) is 0 Å². The van der Waals surface area contributed by atoms with Gasteiger partial charge in [-0.3, -0.25) is 4.79 Å². The Balaban J connectivity index is 1.56. The number of anilines is 1. The number of ether oxygens (including phenoxy) is 2. The summed E-state index contributed by atoms with van der Waals surface area (Å²) in [5.74, 6) is 0.409. The Hall–Kier alpha value is -3.74. The number of fused-ring (bicyclic) bond motifs is 3. The SMILES string of the molecule is COc1cc2c(cc1NC(=O)[C@H](C)OC(=O)c1cc(C)oc1C)oc1ccccc12. The van der Waals surface area contributed by atoms with Crippen LogP contribution in [0.2, 0.25) is 0 Å². The first-order valence-corrected chi connectivity index (χ1v) is 9.45. The molecule has 2 aromatic carbocycles. The van der Waals surface area contributed by atoms with E-state index in [1.807, 2.05) is 30.3 Å². The second-order valence-electron chi connectivity index (χ2n) is 7.01. The largest absolute Gasteiger partial charge is 0.495 e. The molecule has 7 heteroatoms. The number of aryl methyl sites for hydroxylation is 2. The Bertz CT molecular complexity index is 1270. The molecule has 1 atom stereocenters. The zero-order chi connectivity index (χ0) is 21.4. The van der Waals surface area contributed by atoms with Gasteiger partial charge in [0.2, 0.25) is 0 Å². The van der Waals surface area contributed by atoms with Crippen LogP contribution in [-0.2, 0) is 9.53 Å². The first-order chi connectivity index (χ1) is 14.4. The normalized spacial score (nSPS) is 12.1. The molecule has 0 spiro atoms. The second kappa shape index (κ2) is 7.59. The first-order valence-electron chi connectivity index (χ1n) is 9.45. The Morgan fingerprint density at radius 1 is 1.00 bits per heavy atom. The van der Waals surface area contributed by atoms with Crippen molar-refractivity contribution < 1.29 is 27.9 Å². The van der Waals surface area contributed by atoms with E-state index in [9.17, 15) is 9.59 Å². The summed E-state index contributed by atoms with van der Waals surface area (Å²) in [6.07, 6.45) is -1.02. The lowest BCUT2D eigenvalue weighted by Gasteiger charge is -2.15. The van der Waals surface area contributed by atoms with Gasteiger partial charge in [-0.2, -0.15) is 0 Å². The van der Waals surface area contributed by atoms with Crippen LogP contribution in [0.4, 0.5) is 5.69 Å². The molecule has 1 N–H and O–H groups in total. The molecule has 2 heterocycles. The molecule has 2 aromatic heterocycles. The van der Waals surface area contributed by atoms with Gasteiger partial charge in [0, 0.05) is 16.8 Å². The summed E-state index contributed by atoms with van der Waals surface area (Å²) in [6, 6.07) is 12.7. The van der Waals surface area contributed by atoms with E-state index in [0.29, 0.717) is 34.1 Å². The van der Waals surface area contributed by atoms with Crippen LogP contribution in [0.3, 0.4) is 0 Å². The van der Waals surface area contributed by atoms with Gasteiger partial charge in [0.25, 0.3) is 5.91 Å². The van der Waals surface area contributed by atoms with Gasteiger partial charge in [-0.05, 0) is 39.0 Å². The molecule has 7 nitrogen and oxygen atoms in total.